The molecule has 1 aliphatic rings. The fraction of sp³-hybridized carbons (Fsp3) is 1.00. The Kier molecular flexibility index (Phi) is 2.23. The standard InChI is InChI=1S/C9H19NO2/c1-8(2)5-6(11)7(12)9(3,4)10-8/h6-7,10-12H,5H2,1-4H3. The third kappa shape index (κ3) is 1.79. The monoisotopic (exact) mass is 173 g/mol. The summed E-state index contributed by atoms with van der Waals surface area (Å²) in [6.07, 6.45) is -0.695. The van der Waals surface area contributed by atoms with E-state index in [-0.39, 0.29) is 5.54 Å². The fourth-order valence-electron chi connectivity index (χ4n) is 2.11. The number of piperidine rings is 1. The van der Waals surface area contributed by atoms with Crippen LogP contribution in [0.4, 0.5) is 0 Å². The predicted octanol–water partition coefficient (Wildman–Crippen LogP) is 0.259. The molecule has 0 spiro atoms. The van der Waals surface area contributed by atoms with Gasteiger partial charge in [0.1, 0.15) is 0 Å². The van der Waals surface area contributed by atoms with Crippen LogP contribution in [0.5, 0.6) is 0 Å². The molecule has 1 rings (SSSR count). The molecule has 1 saturated heterocycles. The molecule has 12 heavy (non-hydrogen) atoms. The van der Waals surface area contributed by atoms with Crippen molar-refractivity contribution in [3.05, 3.63) is 0 Å². The molecule has 0 radical (unpaired) electrons. The Balaban J connectivity index is 2.80. The van der Waals surface area contributed by atoms with Crippen molar-refractivity contribution >= 4 is 0 Å². The molecule has 2 atom stereocenters. The average Bonchev–Trinajstić information content (AvgIpc) is 1.79. The molecule has 0 saturated carbocycles. The van der Waals surface area contributed by atoms with Gasteiger partial charge in [-0.2, -0.15) is 0 Å². The second-order valence-corrected chi connectivity index (χ2v) is 4.95. The van der Waals surface area contributed by atoms with E-state index in [9.17, 15) is 10.2 Å². The molecule has 3 nitrogen and oxygen atoms in total. The molecule has 0 amide bonds. The summed E-state index contributed by atoms with van der Waals surface area (Å²) in [6.45, 7) is 7.87. The van der Waals surface area contributed by atoms with Gasteiger partial charge < -0.3 is 15.5 Å². The van der Waals surface area contributed by atoms with E-state index in [4.69, 9.17) is 0 Å². The van der Waals surface area contributed by atoms with Crippen LogP contribution >= 0.6 is 0 Å². The normalized spacial score (nSPS) is 39.5. The number of aliphatic hydroxyl groups is 2. The maximum absolute atomic E-state index is 9.63. The van der Waals surface area contributed by atoms with Gasteiger partial charge in [0.2, 0.25) is 0 Å². The Morgan fingerprint density at radius 2 is 1.67 bits per heavy atom. The lowest BCUT2D eigenvalue weighted by atomic mass is 9.79. The zero-order chi connectivity index (χ0) is 9.57. The highest BCUT2D eigenvalue weighted by molar-refractivity contribution is 5.02. The zero-order valence-electron chi connectivity index (χ0n) is 8.26. The Bertz CT molecular complexity index is 177. The number of nitrogens with one attached hydrogen (secondary N) is 1. The molecule has 0 aromatic carbocycles. The summed E-state index contributed by atoms with van der Waals surface area (Å²) in [5.74, 6) is 0. The summed E-state index contributed by atoms with van der Waals surface area (Å²) >= 11 is 0. The van der Waals surface area contributed by atoms with Crippen LogP contribution in [0.3, 0.4) is 0 Å². The molecule has 1 aliphatic heterocycles. The number of hydrogen-bond acceptors (Lipinski definition) is 3. The summed E-state index contributed by atoms with van der Waals surface area (Å²) < 4.78 is 0. The summed E-state index contributed by atoms with van der Waals surface area (Å²) in [4.78, 5) is 0. The SMILES string of the molecule is CC1(C)CC(O)C(O)C(C)(C)N1. The molecular formula is C9H19NO2. The quantitative estimate of drug-likeness (QED) is 0.492. The Labute approximate surface area is 73.8 Å². The molecule has 1 heterocycles. The van der Waals surface area contributed by atoms with Gasteiger partial charge in [-0.25, -0.2) is 0 Å². The van der Waals surface area contributed by atoms with E-state index in [1.54, 1.807) is 0 Å². The highest BCUT2D eigenvalue weighted by atomic mass is 16.3. The molecule has 0 aliphatic carbocycles. The maximum Gasteiger partial charge on any atom is 0.0975 e. The van der Waals surface area contributed by atoms with E-state index >= 15 is 0 Å². The second-order valence-electron chi connectivity index (χ2n) is 4.95. The second kappa shape index (κ2) is 2.69. The van der Waals surface area contributed by atoms with Crippen LogP contribution in [0.25, 0.3) is 0 Å². The fourth-order valence-corrected chi connectivity index (χ4v) is 2.11. The summed E-state index contributed by atoms with van der Waals surface area (Å²) in [7, 11) is 0. The average molecular weight is 173 g/mol. The van der Waals surface area contributed by atoms with Crippen LogP contribution in [0, 0.1) is 0 Å². The van der Waals surface area contributed by atoms with Gasteiger partial charge >= 0.3 is 0 Å². The number of aliphatic hydroxyl groups excluding tert-OH is 2. The molecule has 1 fully saturated rings. The Morgan fingerprint density at radius 3 is 2.08 bits per heavy atom. The largest absolute Gasteiger partial charge is 0.390 e. The first-order chi connectivity index (χ1) is 5.25. The van der Waals surface area contributed by atoms with Crippen molar-refractivity contribution in [1.29, 1.82) is 0 Å². The highest BCUT2D eigenvalue weighted by Gasteiger charge is 2.43. The van der Waals surface area contributed by atoms with E-state index < -0.39 is 17.7 Å². The number of hydrogen-bond donors (Lipinski definition) is 3. The van der Waals surface area contributed by atoms with Gasteiger partial charge in [-0.3, -0.25) is 0 Å². The number of rotatable bonds is 0. The minimum atomic E-state index is -0.675. The maximum atomic E-state index is 9.63. The lowest BCUT2D eigenvalue weighted by Gasteiger charge is -2.48. The van der Waals surface area contributed by atoms with E-state index in [1.165, 1.54) is 0 Å². The van der Waals surface area contributed by atoms with Crippen LogP contribution < -0.4 is 5.32 Å². The third-order valence-corrected chi connectivity index (χ3v) is 2.48. The predicted molar refractivity (Wildman–Crippen MR) is 47.9 cm³/mol. The Morgan fingerprint density at radius 1 is 1.17 bits per heavy atom. The topological polar surface area (TPSA) is 52.5 Å². The molecule has 0 bridgehead atoms. The van der Waals surface area contributed by atoms with Crippen LogP contribution in [0.2, 0.25) is 0 Å². The molecular weight excluding hydrogens is 154 g/mol. The summed E-state index contributed by atoms with van der Waals surface area (Å²) in [6, 6.07) is 0. The van der Waals surface area contributed by atoms with Crippen LogP contribution in [0.1, 0.15) is 34.1 Å². The van der Waals surface area contributed by atoms with Gasteiger partial charge in [-0.15, -0.1) is 0 Å². The minimum absolute atomic E-state index is 0.0951. The van der Waals surface area contributed by atoms with Gasteiger partial charge in [-0.1, -0.05) is 0 Å². The van der Waals surface area contributed by atoms with Gasteiger partial charge in [0, 0.05) is 11.1 Å². The van der Waals surface area contributed by atoms with Gasteiger partial charge in [0.15, 0.2) is 0 Å². The lowest BCUT2D eigenvalue weighted by molar-refractivity contribution is -0.0822. The molecule has 3 heteroatoms. The minimum Gasteiger partial charge on any atom is -0.390 e. The molecule has 0 aromatic heterocycles. The van der Waals surface area contributed by atoms with Gasteiger partial charge in [-0.05, 0) is 34.1 Å². The van der Waals surface area contributed by atoms with E-state index in [0.717, 1.165) is 0 Å². The molecule has 0 aromatic rings. The van der Waals surface area contributed by atoms with Crippen LogP contribution in [-0.2, 0) is 0 Å². The van der Waals surface area contributed by atoms with E-state index in [0.29, 0.717) is 6.42 Å². The van der Waals surface area contributed by atoms with Crippen molar-refractivity contribution in [3.63, 3.8) is 0 Å². The van der Waals surface area contributed by atoms with Crippen molar-refractivity contribution in [2.24, 2.45) is 0 Å². The van der Waals surface area contributed by atoms with Gasteiger partial charge in [0.25, 0.3) is 0 Å². The summed E-state index contributed by atoms with van der Waals surface area (Å²) in [5.41, 5.74) is -0.497. The van der Waals surface area contributed by atoms with Gasteiger partial charge in [0.05, 0.1) is 12.2 Å². The molecule has 2 unspecified atom stereocenters. The summed E-state index contributed by atoms with van der Waals surface area (Å²) in [5, 5.41) is 22.5. The zero-order valence-corrected chi connectivity index (χ0v) is 8.26. The van der Waals surface area contributed by atoms with Crippen LogP contribution in [0.15, 0.2) is 0 Å². The lowest BCUT2D eigenvalue weighted by Crippen LogP contribution is -2.67. The third-order valence-electron chi connectivity index (χ3n) is 2.48. The smallest absolute Gasteiger partial charge is 0.0975 e. The van der Waals surface area contributed by atoms with Crippen molar-refractivity contribution in [2.45, 2.75) is 57.4 Å². The molecule has 72 valence electrons. The Hall–Kier alpha value is -0.120. The van der Waals surface area contributed by atoms with Crippen molar-refractivity contribution in [3.8, 4) is 0 Å². The first-order valence-electron chi connectivity index (χ1n) is 4.40. The van der Waals surface area contributed by atoms with Crippen molar-refractivity contribution < 1.29 is 10.2 Å². The van der Waals surface area contributed by atoms with E-state index in [1.807, 2.05) is 27.7 Å². The highest BCUT2D eigenvalue weighted by Crippen LogP contribution is 2.28. The van der Waals surface area contributed by atoms with Crippen molar-refractivity contribution in [1.82, 2.24) is 5.32 Å². The first-order valence-corrected chi connectivity index (χ1v) is 4.40. The van der Waals surface area contributed by atoms with Crippen LogP contribution in [-0.4, -0.2) is 33.5 Å². The first kappa shape index (κ1) is 9.96. The van der Waals surface area contributed by atoms with Crippen molar-refractivity contribution in [2.75, 3.05) is 0 Å². The van der Waals surface area contributed by atoms with E-state index in [2.05, 4.69) is 5.32 Å². The molecule has 3 N–H and O–H groups in total.